The van der Waals surface area contributed by atoms with E-state index in [9.17, 15) is 18.0 Å². The van der Waals surface area contributed by atoms with Crippen molar-refractivity contribution < 1.29 is 27.2 Å². The maximum Gasteiger partial charge on any atom is 0.406 e. The SMILES string of the molecule is CN(CC(F)(F)F)C(=O)c1cc(-c2nc(C(C)(C)C)[nH]c2CC2CCOCC2)on1. The highest BCUT2D eigenvalue weighted by atomic mass is 19.4. The predicted octanol–water partition coefficient (Wildman–Crippen LogP) is 3.97. The molecule has 0 unspecified atom stereocenters. The Bertz CT molecular complexity index is 877. The summed E-state index contributed by atoms with van der Waals surface area (Å²) < 4.78 is 48.5. The Balaban J connectivity index is 1.87. The number of carbonyl (C=O) groups is 1. The van der Waals surface area contributed by atoms with Gasteiger partial charge in [-0.25, -0.2) is 4.98 Å². The van der Waals surface area contributed by atoms with Crippen LogP contribution in [0.3, 0.4) is 0 Å². The highest BCUT2D eigenvalue weighted by molar-refractivity contribution is 5.92. The van der Waals surface area contributed by atoms with Gasteiger partial charge in [0.25, 0.3) is 5.91 Å². The van der Waals surface area contributed by atoms with Gasteiger partial charge in [0, 0.05) is 37.4 Å². The zero-order valence-electron chi connectivity index (χ0n) is 17.6. The number of carbonyl (C=O) groups excluding carboxylic acids is 1. The zero-order chi connectivity index (χ0) is 22.1. The van der Waals surface area contributed by atoms with Gasteiger partial charge < -0.3 is 19.1 Å². The van der Waals surface area contributed by atoms with Gasteiger partial charge in [-0.3, -0.25) is 4.79 Å². The first-order chi connectivity index (χ1) is 13.9. The van der Waals surface area contributed by atoms with Crippen molar-refractivity contribution in [2.45, 2.75) is 51.6 Å². The average molecular weight is 428 g/mol. The van der Waals surface area contributed by atoms with Crippen molar-refractivity contribution in [1.29, 1.82) is 0 Å². The molecule has 0 saturated carbocycles. The molecule has 1 aliphatic heterocycles. The number of hydrogen-bond donors (Lipinski definition) is 1. The van der Waals surface area contributed by atoms with E-state index in [0.717, 1.165) is 37.8 Å². The molecule has 0 spiro atoms. The van der Waals surface area contributed by atoms with Crippen molar-refractivity contribution in [2.75, 3.05) is 26.8 Å². The molecule has 0 atom stereocenters. The summed E-state index contributed by atoms with van der Waals surface area (Å²) in [5.41, 5.74) is 0.977. The third-order valence-corrected chi connectivity index (χ3v) is 5.05. The van der Waals surface area contributed by atoms with Crippen LogP contribution < -0.4 is 0 Å². The monoisotopic (exact) mass is 428 g/mol. The molecular weight excluding hydrogens is 401 g/mol. The molecule has 30 heavy (non-hydrogen) atoms. The van der Waals surface area contributed by atoms with Gasteiger partial charge in [-0.05, 0) is 25.2 Å². The normalized spacial score (nSPS) is 16.1. The van der Waals surface area contributed by atoms with E-state index in [1.165, 1.54) is 6.07 Å². The molecule has 2 aromatic rings. The van der Waals surface area contributed by atoms with Gasteiger partial charge in [-0.2, -0.15) is 13.2 Å². The Hall–Kier alpha value is -2.36. The van der Waals surface area contributed by atoms with Crippen LogP contribution in [0.25, 0.3) is 11.5 Å². The van der Waals surface area contributed by atoms with Crippen LogP contribution in [-0.2, 0) is 16.6 Å². The molecule has 3 heterocycles. The van der Waals surface area contributed by atoms with Crippen LogP contribution in [0.15, 0.2) is 10.6 Å². The molecular formula is C20H27F3N4O3. The van der Waals surface area contributed by atoms with E-state index >= 15 is 0 Å². The second-order valence-electron chi connectivity index (χ2n) is 8.78. The molecule has 0 aromatic carbocycles. The lowest BCUT2D eigenvalue weighted by molar-refractivity contribution is -0.138. The maximum absolute atomic E-state index is 12.6. The minimum Gasteiger partial charge on any atom is -0.381 e. The van der Waals surface area contributed by atoms with Gasteiger partial charge in [0.05, 0.1) is 0 Å². The second-order valence-corrected chi connectivity index (χ2v) is 8.78. The van der Waals surface area contributed by atoms with Crippen molar-refractivity contribution in [3.8, 4) is 11.5 Å². The lowest BCUT2D eigenvalue weighted by atomic mass is 9.94. The number of halogens is 3. The van der Waals surface area contributed by atoms with Crippen molar-refractivity contribution >= 4 is 5.91 Å². The summed E-state index contributed by atoms with van der Waals surface area (Å²) in [6.45, 7) is 6.14. The summed E-state index contributed by atoms with van der Waals surface area (Å²) >= 11 is 0. The van der Waals surface area contributed by atoms with Crippen molar-refractivity contribution in [2.24, 2.45) is 5.92 Å². The average Bonchev–Trinajstić information content (AvgIpc) is 3.27. The number of nitrogens with zero attached hydrogens (tertiary/aromatic N) is 3. The van der Waals surface area contributed by atoms with E-state index in [2.05, 4.69) is 15.1 Å². The molecule has 166 valence electrons. The number of aromatic amines is 1. The molecule has 10 heteroatoms. The molecule has 0 bridgehead atoms. The summed E-state index contributed by atoms with van der Waals surface area (Å²) in [6.07, 6.45) is -1.88. The molecule has 1 N–H and O–H groups in total. The number of amides is 1. The van der Waals surface area contributed by atoms with E-state index < -0.39 is 18.6 Å². The van der Waals surface area contributed by atoms with Gasteiger partial charge in [0.2, 0.25) is 0 Å². The molecule has 1 saturated heterocycles. The lowest BCUT2D eigenvalue weighted by Gasteiger charge is -2.21. The van der Waals surface area contributed by atoms with Gasteiger partial charge in [-0.15, -0.1) is 0 Å². The van der Waals surface area contributed by atoms with E-state index in [4.69, 9.17) is 9.26 Å². The first kappa shape index (κ1) is 22.3. The second kappa shape index (κ2) is 8.41. The number of ether oxygens (including phenoxy) is 1. The molecule has 1 amide bonds. The van der Waals surface area contributed by atoms with Gasteiger partial charge in [0.15, 0.2) is 11.5 Å². The summed E-state index contributed by atoms with van der Waals surface area (Å²) in [5.74, 6) is 0.582. The third kappa shape index (κ3) is 5.41. The third-order valence-electron chi connectivity index (χ3n) is 5.05. The number of H-pyrrole nitrogens is 1. The van der Waals surface area contributed by atoms with Crippen LogP contribution in [0.2, 0.25) is 0 Å². The summed E-state index contributed by atoms with van der Waals surface area (Å²) in [6, 6.07) is 1.35. The number of alkyl halides is 3. The summed E-state index contributed by atoms with van der Waals surface area (Å²) in [4.78, 5) is 20.9. The van der Waals surface area contributed by atoms with Crippen LogP contribution >= 0.6 is 0 Å². The van der Waals surface area contributed by atoms with Gasteiger partial charge in [-0.1, -0.05) is 25.9 Å². The standard InChI is InChI=1S/C20H27F3N4O3/c1-19(2,3)18-24-13(9-12-5-7-29-8-6-12)16(25-18)15-10-14(26-30-15)17(28)27(4)11-20(21,22)23/h10,12H,5-9,11H2,1-4H3,(H,24,25). The smallest absolute Gasteiger partial charge is 0.381 e. The Morgan fingerprint density at radius 3 is 2.53 bits per heavy atom. The van der Waals surface area contributed by atoms with Crippen molar-refractivity contribution in [3.05, 3.63) is 23.3 Å². The predicted molar refractivity (Wildman–Crippen MR) is 103 cm³/mol. The first-order valence-electron chi connectivity index (χ1n) is 9.90. The molecule has 0 radical (unpaired) electrons. The fourth-order valence-corrected chi connectivity index (χ4v) is 3.38. The van der Waals surface area contributed by atoms with E-state index in [0.29, 0.717) is 29.7 Å². The highest BCUT2D eigenvalue weighted by Crippen LogP contribution is 2.31. The molecule has 1 aliphatic rings. The van der Waals surface area contributed by atoms with E-state index in [-0.39, 0.29) is 16.9 Å². The Morgan fingerprint density at radius 1 is 1.27 bits per heavy atom. The number of rotatable bonds is 5. The van der Waals surface area contributed by atoms with E-state index in [1.807, 2.05) is 20.8 Å². The number of imidazole rings is 1. The molecule has 1 fully saturated rings. The first-order valence-corrected chi connectivity index (χ1v) is 9.90. The zero-order valence-corrected chi connectivity index (χ0v) is 17.6. The largest absolute Gasteiger partial charge is 0.406 e. The van der Waals surface area contributed by atoms with E-state index in [1.54, 1.807) is 0 Å². The highest BCUT2D eigenvalue weighted by Gasteiger charge is 2.33. The minimum absolute atomic E-state index is 0.186. The Morgan fingerprint density at radius 2 is 1.93 bits per heavy atom. The quantitative estimate of drug-likeness (QED) is 0.779. The topological polar surface area (TPSA) is 84.2 Å². The molecule has 0 aliphatic carbocycles. The fourth-order valence-electron chi connectivity index (χ4n) is 3.38. The number of aromatic nitrogens is 3. The summed E-state index contributed by atoms with van der Waals surface area (Å²) in [5, 5.41) is 3.70. The molecule has 2 aromatic heterocycles. The fraction of sp³-hybridized carbons (Fsp3) is 0.650. The Labute approximate surface area is 173 Å². The maximum atomic E-state index is 12.6. The van der Waals surface area contributed by atoms with Crippen LogP contribution in [0.1, 0.15) is 55.6 Å². The molecule has 7 nitrogen and oxygen atoms in total. The lowest BCUT2D eigenvalue weighted by Crippen LogP contribution is -2.35. The van der Waals surface area contributed by atoms with Crippen molar-refractivity contribution in [3.63, 3.8) is 0 Å². The minimum atomic E-state index is -4.49. The van der Waals surface area contributed by atoms with Crippen LogP contribution in [0, 0.1) is 5.92 Å². The number of nitrogens with one attached hydrogen (secondary N) is 1. The van der Waals surface area contributed by atoms with Crippen LogP contribution in [0.5, 0.6) is 0 Å². The van der Waals surface area contributed by atoms with Crippen LogP contribution in [0.4, 0.5) is 13.2 Å². The molecule has 3 rings (SSSR count). The van der Waals surface area contributed by atoms with Gasteiger partial charge >= 0.3 is 6.18 Å². The number of hydrogen-bond acceptors (Lipinski definition) is 5. The van der Waals surface area contributed by atoms with Gasteiger partial charge in [0.1, 0.15) is 18.1 Å². The Kier molecular flexibility index (Phi) is 6.26. The van der Waals surface area contributed by atoms with Crippen molar-refractivity contribution in [1.82, 2.24) is 20.0 Å². The summed E-state index contributed by atoms with van der Waals surface area (Å²) in [7, 11) is 1.08. The van der Waals surface area contributed by atoms with Crippen LogP contribution in [-0.4, -0.2) is 58.9 Å².